The van der Waals surface area contributed by atoms with E-state index >= 15 is 0 Å². The van der Waals surface area contributed by atoms with Gasteiger partial charge >= 0.3 is 5.97 Å². The van der Waals surface area contributed by atoms with E-state index in [1.807, 2.05) is 0 Å². The molecule has 7 nitrogen and oxygen atoms in total. The average Bonchev–Trinajstić information content (AvgIpc) is 3.14. The lowest BCUT2D eigenvalue weighted by Gasteiger charge is -2.15. The molecule has 2 aromatic carbocycles. The van der Waals surface area contributed by atoms with Crippen molar-refractivity contribution in [3.63, 3.8) is 0 Å². The van der Waals surface area contributed by atoms with Crippen LogP contribution in [0.4, 0.5) is 4.39 Å². The van der Waals surface area contributed by atoms with E-state index in [0.29, 0.717) is 16.9 Å². The fourth-order valence-corrected chi connectivity index (χ4v) is 2.76. The Kier molecular flexibility index (Phi) is 5.39. The maximum atomic E-state index is 13.2. The Balaban J connectivity index is 1.92. The summed E-state index contributed by atoms with van der Waals surface area (Å²) in [7, 11) is 1.52. The van der Waals surface area contributed by atoms with Crippen molar-refractivity contribution in [2.24, 2.45) is 0 Å². The minimum atomic E-state index is -1.32. The summed E-state index contributed by atoms with van der Waals surface area (Å²) < 4.78 is 23.2. The van der Waals surface area contributed by atoms with Gasteiger partial charge in [0.25, 0.3) is 5.91 Å². The van der Waals surface area contributed by atoms with E-state index in [9.17, 15) is 19.1 Å². The van der Waals surface area contributed by atoms with Gasteiger partial charge in [-0.1, -0.05) is 5.16 Å². The molecule has 0 spiro atoms. The highest BCUT2D eigenvalue weighted by molar-refractivity contribution is 5.95. The lowest BCUT2D eigenvalue weighted by Crippen LogP contribution is -2.27. The average molecular weight is 384 g/mol. The second-order valence-electron chi connectivity index (χ2n) is 6.01. The van der Waals surface area contributed by atoms with Crippen molar-refractivity contribution >= 4 is 11.9 Å². The first-order chi connectivity index (χ1) is 13.4. The van der Waals surface area contributed by atoms with Gasteiger partial charge in [0.1, 0.15) is 17.3 Å². The summed E-state index contributed by atoms with van der Waals surface area (Å²) in [6.45, 7) is 1.62. The number of methoxy groups -OCH3 is 1. The largest absolute Gasteiger partial charge is 0.497 e. The fourth-order valence-electron chi connectivity index (χ4n) is 2.76. The third kappa shape index (κ3) is 3.85. The van der Waals surface area contributed by atoms with Crippen LogP contribution in [0.25, 0.3) is 11.3 Å². The number of aromatic carboxylic acids is 1. The van der Waals surface area contributed by atoms with Crippen LogP contribution < -0.4 is 10.1 Å². The molecular weight excluding hydrogens is 367 g/mol. The predicted molar refractivity (Wildman–Crippen MR) is 97.7 cm³/mol. The number of hydrogen-bond acceptors (Lipinski definition) is 5. The molecule has 1 heterocycles. The van der Waals surface area contributed by atoms with Crippen LogP contribution in [-0.4, -0.2) is 29.2 Å². The highest BCUT2D eigenvalue weighted by Gasteiger charge is 2.28. The molecule has 3 rings (SSSR count). The van der Waals surface area contributed by atoms with Crippen LogP contribution >= 0.6 is 0 Å². The monoisotopic (exact) mass is 384 g/mol. The molecule has 1 unspecified atom stereocenters. The van der Waals surface area contributed by atoms with Gasteiger partial charge in [-0.2, -0.15) is 0 Å². The number of benzene rings is 2. The van der Waals surface area contributed by atoms with Crippen LogP contribution in [0.2, 0.25) is 0 Å². The van der Waals surface area contributed by atoms with Crippen molar-refractivity contribution < 1.29 is 28.3 Å². The standard InChI is InChI=1S/C20H17FN2O5/c1-11(22-19(24)13-5-9-15(27-2)10-6-13)16-17(23-28-18(16)20(25)26)12-3-7-14(21)8-4-12/h3-11H,1-2H3,(H,22,24)(H,25,26). The van der Waals surface area contributed by atoms with E-state index in [-0.39, 0.29) is 17.0 Å². The Morgan fingerprint density at radius 1 is 1.14 bits per heavy atom. The summed E-state index contributed by atoms with van der Waals surface area (Å²) in [5.41, 5.74) is 1.27. The number of hydrogen-bond donors (Lipinski definition) is 2. The van der Waals surface area contributed by atoms with Gasteiger partial charge in [-0.05, 0) is 55.5 Å². The number of carboxylic acid groups (broad SMARTS) is 1. The lowest BCUT2D eigenvalue weighted by atomic mass is 10.00. The number of nitrogens with one attached hydrogen (secondary N) is 1. The Morgan fingerprint density at radius 3 is 2.36 bits per heavy atom. The van der Waals surface area contributed by atoms with Gasteiger partial charge in [-0.3, -0.25) is 4.79 Å². The number of rotatable bonds is 6. The summed E-state index contributed by atoms with van der Waals surface area (Å²) in [6.07, 6.45) is 0. The van der Waals surface area contributed by atoms with E-state index in [0.717, 1.165) is 0 Å². The number of aromatic nitrogens is 1. The number of carboxylic acids is 1. The predicted octanol–water partition coefficient (Wildman–Crippen LogP) is 3.68. The minimum absolute atomic E-state index is 0.195. The molecule has 8 heteroatoms. The van der Waals surface area contributed by atoms with Crippen LogP contribution in [0.5, 0.6) is 5.75 Å². The van der Waals surface area contributed by atoms with E-state index in [2.05, 4.69) is 10.5 Å². The van der Waals surface area contributed by atoms with Crippen LogP contribution in [0.3, 0.4) is 0 Å². The molecule has 2 N–H and O–H groups in total. The molecule has 1 amide bonds. The zero-order valence-electron chi connectivity index (χ0n) is 15.1. The summed E-state index contributed by atoms with van der Waals surface area (Å²) in [5, 5.41) is 16.0. The molecule has 0 aliphatic heterocycles. The Labute approximate surface area is 159 Å². The Morgan fingerprint density at radius 2 is 1.79 bits per heavy atom. The fraction of sp³-hybridized carbons (Fsp3) is 0.150. The zero-order chi connectivity index (χ0) is 20.3. The maximum Gasteiger partial charge on any atom is 0.375 e. The first-order valence-electron chi connectivity index (χ1n) is 8.34. The molecule has 1 atom stereocenters. The van der Waals surface area contributed by atoms with Gasteiger partial charge in [-0.25, -0.2) is 9.18 Å². The molecular formula is C20H17FN2O5. The van der Waals surface area contributed by atoms with Gasteiger partial charge in [-0.15, -0.1) is 0 Å². The number of carbonyl (C=O) groups excluding carboxylic acids is 1. The van der Waals surface area contributed by atoms with Crippen LogP contribution in [-0.2, 0) is 0 Å². The number of ether oxygens (including phenoxy) is 1. The second-order valence-corrected chi connectivity index (χ2v) is 6.01. The lowest BCUT2D eigenvalue weighted by molar-refractivity contribution is 0.0648. The van der Waals surface area contributed by atoms with Crippen molar-refractivity contribution in [1.29, 1.82) is 0 Å². The molecule has 28 heavy (non-hydrogen) atoms. The summed E-state index contributed by atoms with van der Waals surface area (Å²) in [5.74, 6) is -1.94. The first-order valence-corrected chi connectivity index (χ1v) is 8.34. The summed E-state index contributed by atoms with van der Waals surface area (Å²) in [6, 6.07) is 11.1. The van der Waals surface area contributed by atoms with Crippen molar-refractivity contribution in [1.82, 2.24) is 10.5 Å². The van der Waals surface area contributed by atoms with Crippen LogP contribution in [0.1, 0.15) is 39.4 Å². The molecule has 0 radical (unpaired) electrons. The molecule has 0 aliphatic rings. The van der Waals surface area contributed by atoms with Crippen molar-refractivity contribution in [3.8, 4) is 17.0 Å². The molecule has 0 saturated carbocycles. The molecule has 0 fully saturated rings. The molecule has 0 aliphatic carbocycles. The second kappa shape index (κ2) is 7.91. The van der Waals surface area contributed by atoms with E-state index in [1.165, 1.54) is 31.4 Å². The Hall–Kier alpha value is -3.68. The number of halogens is 1. The van der Waals surface area contributed by atoms with E-state index in [1.54, 1.807) is 31.2 Å². The van der Waals surface area contributed by atoms with Gasteiger partial charge in [0.05, 0.1) is 18.7 Å². The highest BCUT2D eigenvalue weighted by Crippen LogP contribution is 2.31. The highest BCUT2D eigenvalue weighted by atomic mass is 19.1. The topological polar surface area (TPSA) is 102 Å². The summed E-state index contributed by atoms with van der Waals surface area (Å²) >= 11 is 0. The molecule has 3 aromatic rings. The van der Waals surface area contributed by atoms with Crippen LogP contribution in [0, 0.1) is 5.82 Å². The number of nitrogens with zero attached hydrogens (tertiary/aromatic N) is 1. The third-order valence-electron chi connectivity index (χ3n) is 4.17. The normalized spacial score (nSPS) is 11.7. The van der Waals surface area contributed by atoms with Crippen molar-refractivity contribution in [2.45, 2.75) is 13.0 Å². The Bertz CT molecular complexity index is 996. The molecule has 144 valence electrons. The number of carbonyl (C=O) groups is 2. The SMILES string of the molecule is COc1ccc(C(=O)NC(C)c2c(-c3ccc(F)cc3)noc2C(=O)O)cc1. The van der Waals surface area contributed by atoms with Gasteiger partial charge in [0.2, 0.25) is 5.76 Å². The molecule has 0 saturated heterocycles. The zero-order valence-corrected chi connectivity index (χ0v) is 15.1. The summed E-state index contributed by atoms with van der Waals surface area (Å²) in [4.78, 5) is 24.1. The van der Waals surface area contributed by atoms with E-state index < -0.39 is 23.7 Å². The van der Waals surface area contributed by atoms with Gasteiger partial charge < -0.3 is 19.7 Å². The maximum absolute atomic E-state index is 13.2. The van der Waals surface area contributed by atoms with E-state index in [4.69, 9.17) is 9.26 Å². The smallest absolute Gasteiger partial charge is 0.375 e. The van der Waals surface area contributed by atoms with Crippen LogP contribution in [0.15, 0.2) is 53.1 Å². The third-order valence-corrected chi connectivity index (χ3v) is 4.17. The van der Waals surface area contributed by atoms with Crippen molar-refractivity contribution in [3.05, 3.63) is 71.2 Å². The van der Waals surface area contributed by atoms with Gasteiger partial charge in [0, 0.05) is 11.1 Å². The quantitative estimate of drug-likeness (QED) is 0.672. The van der Waals surface area contributed by atoms with Crippen molar-refractivity contribution in [2.75, 3.05) is 7.11 Å². The molecule has 0 bridgehead atoms. The number of amides is 1. The van der Waals surface area contributed by atoms with Gasteiger partial charge in [0.15, 0.2) is 0 Å². The minimum Gasteiger partial charge on any atom is -0.497 e. The first kappa shape index (κ1) is 19.1. The molecule has 1 aromatic heterocycles.